The average Bonchev–Trinajstić information content (AvgIpc) is 2.92. The lowest BCUT2D eigenvalue weighted by atomic mass is 9.95. The van der Waals surface area contributed by atoms with Gasteiger partial charge in [0.1, 0.15) is 5.00 Å². The van der Waals surface area contributed by atoms with Crippen molar-refractivity contribution in [1.82, 2.24) is 4.90 Å². The average molecular weight is 365 g/mol. The highest BCUT2D eigenvalue weighted by Crippen LogP contribution is 2.38. The van der Waals surface area contributed by atoms with Crippen molar-refractivity contribution in [3.63, 3.8) is 0 Å². The molecule has 1 saturated heterocycles. The molecule has 1 amide bonds. The number of aryl methyl sites for hydroxylation is 1. The van der Waals surface area contributed by atoms with E-state index in [0.717, 1.165) is 50.8 Å². The minimum absolute atomic E-state index is 0.0294. The van der Waals surface area contributed by atoms with Crippen molar-refractivity contribution < 1.29 is 14.3 Å². The molecule has 0 aromatic carbocycles. The number of carbonyl (C=O) groups excluding carboxylic acids is 2. The topological polar surface area (TPSA) is 58.6 Å². The Labute approximate surface area is 153 Å². The van der Waals surface area contributed by atoms with Crippen molar-refractivity contribution >= 4 is 28.2 Å². The molecule has 6 heteroatoms. The van der Waals surface area contributed by atoms with Gasteiger partial charge in [-0.3, -0.25) is 9.69 Å². The van der Waals surface area contributed by atoms with Crippen molar-refractivity contribution in [2.45, 2.75) is 52.4 Å². The first-order chi connectivity index (χ1) is 12.1. The second-order valence-electron chi connectivity index (χ2n) is 7.17. The molecule has 1 aromatic rings. The standard InChI is InChI=1S/C19H28N2O3S/c1-3-24-19(23)17-14-8-4-5-9-15(14)25-18(17)20-16(22)12-21-10-6-7-13(2)11-21/h13H,3-12H2,1-2H3,(H,20,22)/t13-/m0/s1. The summed E-state index contributed by atoms with van der Waals surface area (Å²) in [6, 6.07) is 0. The van der Waals surface area contributed by atoms with Gasteiger partial charge in [0, 0.05) is 11.4 Å². The monoisotopic (exact) mass is 364 g/mol. The van der Waals surface area contributed by atoms with Gasteiger partial charge < -0.3 is 10.1 Å². The summed E-state index contributed by atoms with van der Waals surface area (Å²) in [5, 5.41) is 3.69. The number of likely N-dealkylation sites (tertiary alicyclic amines) is 1. The van der Waals surface area contributed by atoms with Gasteiger partial charge in [-0.15, -0.1) is 11.3 Å². The number of thiophene rings is 1. The van der Waals surface area contributed by atoms with Crippen LogP contribution in [0.1, 0.15) is 60.3 Å². The third kappa shape index (κ3) is 4.42. The molecule has 5 nitrogen and oxygen atoms in total. The van der Waals surface area contributed by atoms with Crippen LogP contribution in [0.4, 0.5) is 5.00 Å². The Bertz CT molecular complexity index is 641. The summed E-state index contributed by atoms with van der Waals surface area (Å²) in [7, 11) is 0. The van der Waals surface area contributed by atoms with Crippen molar-refractivity contribution in [3.8, 4) is 0 Å². The van der Waals surface area contributed by atoms with E-state index in [1.165, 1.54) is 11.3 Å². The van der Waals surface area contributed by atoms with Crippen LogP contribution in [0.2, 0.25) is 0 Å². The molecule has 138 valence electrons. The van der Waals surface area contributed by atoms with Crippen LogP contribution in [0.3, 0.4) is 0 Å². The predicted molar refractivity (Wildman–Crippen MR) is 100 cm³/mol. The second kappa shape index (κ2) is 8.32. The maximum absolute atomic E-state index is 12.5. The quantitative estimate of drug-likeness (QED) is 0.813. The predicted octanol–water partition coefficient (Wildman–Crippen LogP) is 3.47. The maximum Gasteiger partial charge on any atom is 0.341 e. The Morgan fingerprint density at radius 1 is 1.28 bits per heavy atom. The number of nitrogens with one attached hydrogen (secondary N) is 1. The van der Waals surface area contributed by atoms with Crippen LogP contribution in [0.15, 0.2) is 0 Å². The number of nitrogens with zero attached hydrogens (tertiary/aromatic N) is 1. The molecule has 1 aromatic heterocycles. The summed E-state index contributed by atoms with van der Waals surface area (Å²) < 4.78 is 5.24. The lowest BCUT2D eigenvalue weighted by Crippen LogP contribution is -2.39. The van der Waals surface area contributed by atoms with Gasteiger partial charge in [0.15, 0.2) is 0 Å². The summed E-state index contributed by atoms with van der Waals surface area (Å²) in [6.07, 6.45) is 6.52. The van der Waals surface area contributed by atoms with Crippen molar-refractivity contribution in [1.29, 1.82) is 0 Å². The third-order valence-corrected chi connectivity index (χ3v) is 6.22. The molecule has 1 atom stereocenters. The Kier molecular flexibility index (Phi) is 6.12. The van der Waals surface area contributed by atoms with Crippen LogP contribution in [-0.4, -0.2) is 43.0 Å². The molecule has 3 rings (SSSR count). The molecule has 1 N–H and O–H groups in total. The van der Waals surface area contributed by atoms with Gasteiger partial charge in [-0.1, -0.05) is 6.92 Å². The largest absolute Gasteiger partial charge is 0.462 e. The molecule has 25 heavy (non-hydrogen) atoms. The van der Waals surface area contributed by atoms with E-state index < -0.39 is 0 Å². The van der Waals surface area contributed by atoms with Gasteiger partial charge in [0.25, 0.3) is 0 Å². The number of ether oxygens (including phenoxy) is 1. The lowest BCUT2D eigenvalue weighted by Gasteiger charge is -2.30. The van der Waals surface area contributed by atoms with E-state index in [4.69, 9.17) is 4.74 Å². The fourth-order valence-corrected chi connectivity index (χ4v) is 5.17. The van der Waals surface area contributed by atoms with E-state index in [1.807, 2.05) is 6.92 Å². The Morgan fingerprint density at radius 2 is 2.08 bits per heavy atom. The summed E-state index contributed by atoms with van der Waals surface area (Å²) in [5.41, 5.74) is 1.69. The molecule has 2 heterocycles. The molecule has 1 aliphatic carbocycles. The zero-order chi connectivity index (χ0) is 17.8. The smallest absolute Gasteiger partial charge is 0.341 e. The number of esters is 1. The van der Waals surface area contributed by atoms with Gasteiger partial charge in [0.2, 0.25) is 5.91 Å². The number of hydrogen-bond acceptors (Lipinski definition) is 5. The van der Waals surface area contributed by atoms with E-state index in [2.05, 4.69) is 17.1 Å². The normalized spacial score (nSPS) is 20.8. The Hall–Kier alpha value is -1.40. The molecule has 2 aliphatic rings. The van der Waals surface area contributed by atoms with Gasteiger partial charge in [-0.2, -0.15) is 0 Å². The minimum atomic E-state index is -0.302. The highest BCUT2D eigenvalue weighted by atomic mass is 32.1. The Morgan fingerprint density at radius 3 is 2.84 bits per heavy atom. The van der Waals surface area contributed by atoms with Crippen molar-refractivity contribution in [3.05, 3.63) is 16.0 Å². The van der Waals surface area contributed by atoms with Gasteiger partial charge in [-0.05, 0) is 63.5 Å². The second-order valence-corrected chi connectivity index (χ2v) is 8.27. The van der Waals surface area contributed by atoms with Gasteiger partial charge in [0.05, 0.1) is 18.7 Å². The molecule has 0 unspecified atom stereocenters. The molecule has 1 aliphatic heterocycles. The molecular weight excluding hydrogens is 336 g/mol. The molecular formula is C19H28N2O3S. The van der Waals surface area contributed by atoms with E-state index >= 15 is 0 Å². The van der Waals surface area contributed by atoms with Crippen LogP contribution in [0, 0.1) is 5.92 Å². The Balaban J connectivity index is 1.73. The first-order valence-corrected chi connectivity index (χ1v) is 10.2. The maximum atomic E-state index is 12.5. The molecule has 0 spiro atoms. The van der Waals surface area contributed by atoms with Crippen LogP contribution in [0.5, 0.6) is 0 Å². The van der Waals surface area contributed by atoms with E-state index in [0.29, 0.717) is 29.6 Å². The summed E-state index contributed by atoms with van der Waals surface area (Å²) in [4.78, 5) is 28.4. The highest BCUT2D eigenvalue weighted by molar-refractivity contribution is 7.17. The highest BCUT2D eigenvalue weighted by Gasteiger charge is 2.27. The van der Waals surface area contributed by atoms with Crippen molar-refractivity contribution in [2.24, 2.45) is 5.92 Å². The number of rotatable bonds is 5. The summed E-state index contributed by atoms with van der Waals surface area (Å²) >= 11 is 1.56. The number of piperidine rings is 1. The SMILES string of the molecule is CCOC(=O)c1c(NC(=O)CN2CCC[C@H](C)C2)sc2c1CCCC2. The fraction of sp³-hybridized carbons (Fsp3) is 0.684. The van der Waals surface area contributed by atoms with Crippen molar-refractivity contribution in [2.75, 3.05) is 31.6 Å². The lowest BCUT2D eigenvalue weighted by molar-refractivity contribution is -0.117. The van der Waals surface area contributed by atoms with E-state index in [1.54, 1.807) is 11.3 Å². The summed E-state index contributed by atoms with van der Waals surface area (Å²) in [6.45, 7) is 6.74. The molecule has 0 bridgehead atoms. The molecule has 0 radical (unpaired) electrons. The van der Waals surface area contributed by atoms with Gasteiger partial charge >= 0.3 is 5.97 Å². The van der Waals surface area contributed by atoms with Crippen LogP contribution in [-0.2, 0) is 22.4 Å². The van der Waals surface area contributed by atoms with E-state index in [9.17, 15) is 9.59 Å². The first kappa shape index (κ1) is 18.4. The third-order valence-electron chi connectivity index (χ3n) is 5.01. The molecule has 1 fully saturated rings. The molecule has 0 saturated carbocycles. The summed E-state index contributed by atoms with van der Waals surface area (Å²) in [5.74, 6) is 0.313. The number of hydrogen-bond donors (Lipinski definition) is 1. The number of amides is 1. The zero-order valence-corrected chi connectivity index (χ0v) is 16.0. The van der Waals surface area contributed by atoms with E-state index in [-0.39, 0.29) is 11.9 Å². The minimum Gasteiger partial charge on any atom is -0.462 e. The number of carbonyl (C=O) groups is 2. The zero-order valence-electron chi connectivity index (χ0n) is 15.2. The number of anilines is 1. The first-order valence-electron chi connectivity index (χ1n) is 9.42. The number of fused-ring (bicyclic) bond motifs is 1. The van der Waals surface area contributed by atoms with Crippen LogP contribution in [0.25, 0.3) is 0 Å². The van der Waals surface area contributed by atoms with Crippen LogP contribution < -0.4 is 5.32 Å². The van der Waals surface area contributed by atoms with Gasteiger partial charge in [-0.25, -0.2) is 4.79 Å². The fourth-order valence-electron chi connectivity index (χ4n) is 3.87. The van der Waals surface area contributed by atoms with Crippen LogP contribution >= 0.6 is 11.3 Å².